The van der Waals surface area contributed by atoms with Crippen molar-refractivity contribution in [1.82, 2.24) is 5.32 Å². The van der Waals surface area contributed by atoms with E-state index in [0.29, 0.717) is 30.4 Å². The quantitative estimate of drug-likeness (QED) is 0.745. The predicted molar refractivity (Wildman–Crippen MR) is 99.2 cm³/mol. The summed E-state index contributed by atoms with van der Waals surface area (Å²) in [4.78, 5) is 12.1. The number of hydrogen-bond donors (Lipinski definition) is 1. The van der Waals surface area contributed by atoms with Crippen molar-refractivity contribution in [2.45, 2.75) is 19.9 Å². The number of aryl methyl sites for hydroxylation is 1. The van der Waals surface area contributed by atoms with Gasteiger partial charge in [0, 0.05) is 18.2 Å². The fraction of sp³-hybridized carbons (Fsp3) is 0.350. The molecular formula is C20H25NO5. The zero-order valence-electron chi connectivity index (χ0n) is 15.6. The van der Waals surface area contributed by atoms with Crippen LogP contribution < -0.4 is 24.3 Å². The van der Waals surface area contributed by atoms with Crippen molar-refractivity contribution in [3.63, 3.8) is 0 Å². The van der Waals surface area contributed by atoms with Crippen LogP contribution in [0.15, 0.2) is 36.4 Å². The number of rotatable bonds is 9. The average molecular weight is 359 g/mol. The summed E-state index contributed by atoms with van der Waals surface area (Å²) in [5.74, 6) is 2.43. The molecule has 140 valence electrons. The zero-order valence-corrected chi connectivity index (χ0v) is 15.6. The number of amides is 1. The van der Waals surface area contributed by atoms with Crippen LogP contribution in [0.5, 0.6) is 23.0 Å². The Morgan fingerprint density at radius 3 is 2.15 bits per heavy atom. The van der Waals surface area contributed by atoms with Gasteiger partial charge in [-0.1, -0.05) is 17.7 Å². The number of carbonyl (C=O) groups excluding carboxylic acids is 1. The molecular weight excluding hydrogens is 334 g/mol. The molecule has 1 N–H and O–H groups in total. The molecule has 6 heteroatoms. The summed E-state index contributed by atoms with van der Waals surface area (Å²) < 4.78 is 21.5. The molecule has 0 radical (unpaired) electrons. The molecule has 0 aliphatic heterocycles. The highest BCUT2D eigenvalue weighted by molar-refractivity contribution is 5.76. The molecule has 0 atom stereocenters. The maximum absolute atomic E-state index is 12.1. The molecule has 0 aromatic heterocycles. The molecule has 0 fully saturated rings. The first kappa shape index (κ1) is 19.4. The highest BCUT2D eigenvalue weighted by atomic mass is 16.5. The summed E-state index contributed by atoms with van der Waals surface area (Å²) in [6, 6.07) is 11.3. The van der Waals surface area contributed by atoms with E-state index in [1.807, 2.05) is 31.2 Å². The molecule has 0 bridgehead atoms. The van der Waals surface area contributed by atoms with Gasteiger partial charge in [-0.25, -0.2) is 0 Å². The smallest absolute Gasteiger partial charge is 0.223 e. The van der Waals surface area contributed by atoms with E-state index in [4.69, 9.17) is 18.9 Å². The van der Waals surface area contributed by atoms with Crippen molar-refractivity contribution in [2.24, 2.45) is 0 Å². The molecule has 0 saturated heterocycles. The Hall–Kier alpha value is -2.89. The van der Waals surface area contributed by atoms with E-state index in [1.54, 1.807) is 33.5 Å². The van der Waals surface area contributed by atoms with Crippen LogP contribution in [-0.2, 0) is 11.3 Å². The Labute approximate surface area is 154 Å². The minimum Gasteiger partial charge on any atom is -0.496 e. The molecule has 0 aliphatic rings. The van der Waals surface area contributed by atoms with E-state index >= 15 is 0 Å². The van der Waals surface area contributed by atoms with Gasteiger partial charge in [0.1, 0.15) is 11.5 Å². The van der Waals surface area contributed by atoms with Crippen LogP contribution in [0.25, 0.3) is 0 Å². The van der Waals surface area contributed by atoms with E-state index in [0.717, 1.165) is 11.3 Å². The third-order valence-electron chi connectivity index (χ3n) is 3.88. The molecule has 0 spiro atoms. The minimum absolute atomic E-state index is 0.103. The fourth-order valence-electron chi connectivity index (χ4n) is 2.41. The lowest BCUT2D eigenvalue weighted by Gasteiger charge is -2.14. The van der Waals surface area contributed by atoms with Crippen molar-refractivity contribution >= 4 is 5.91 Å². The van der Waals surface area contributed by atoms with E-state index in [-0.39, 0.29) is 12.3 Å². The van der Waals surface area contributed by atoms with Crippen LogP contribution in [-0.4, -0.2) is 33.8 Å². The Morgan fingerprint density at radius 2 is 1.54 bits per heavy atom. The second-order valence-electron chi connectivity index (χ2n) is 5.71. The largest absolute Gasteiger partial charge is 0.496 e. The number of benzene rings is 2. The van der Waals surface area contributed by atoms with E-state index < -0.39 is 0 Å². The Morgan fingerprint density at radius 1 is 0.923 bits per heavy atom. The van der Waals surface area contributed by atoms with Crippen LogP contribution in [0.1, 0.15) is 17.5 Å². The second-order valence-corrected chi connectivity index (χ2v) is 5.71. The normalized spacial score (nSPS) is 10.2. The van der Waals surface area contributed by atoms with Gasteiger partial charge in [-0.15, -0.1) is 0 Å². The number of hydrogen-bond acceptors (Lipinski definition) is 5. The summed E-state index contributed by atoms with van der Waals surface area (Å²) in [5, 5.41) is 2.86. The molecule has 0 saturated carbocycles. The molecule has 26 heavy (non-hydrogen) atoms. The molecule has 6 nitrogen and oxygen atoms in total. The van der Waals surface area contributed by atoms with Gasteiger partial charge in [0.2, 0.25) is 5.91 Å². The van der Waals surface area contributed by atoms with Gasteiger partial charge < -0.3 is 24.3 Å². The van der Waals surface area contributed by atoms with Crippen molar-refractivity contribution in [3.8, 4) is 23.0 Å². The highest BCUT2D eigenvalue weighted by Crippen LogP contribution is 2.34. The molecule has 2 aromatic rings. The molecule has 0 heterocycles. The third kappa shape index (κ3) is 5.31. The maximum atomic E-state index is 12.1. The topological polar surface area (TPSA) is 66.0 Å². The molecule has 2 rings (SSSR count). The van der Waals surface area contributed by atoms with Gasteiger partial charge in [0.25, 0.3) is 0 Å². The van der Waals surface area contributed by atoms with Crippen LogP contribution in [0.4, 0.5) is 0 Å². The number of ether oxygens (including phenoxy) is 4. The minimum atomic E-state index is -0.103. The van der Waals surface area contributed by atoms with Crippen LogP contribution in [0.2, 0.25) is 0 Å². The molecule has 0 aliphatic carbocycles. The molecule has 1 amide bonds. The number of nitrogens with one attached hydrogen (secondary N) is 1. The second kappa shape index (κ2) is 9.56. The van der Waals surface area contributed by atoms with Crippen molar-refractivity contribution in [3.05, 3.63) is 47.5 Å². The Balaban J connectivity index is 1.87. The van der Waals surface area contributed by atoms with Gasteiger partial charge in [-0.05, 0) is 25.1 Å². The first-order chi connectivity index (χ1) is 12.6. The van der Waals surface area contributed by atoms with E-state index in [2.05, 4.69) is 5.32 Å². The van der Waals surface area contributed by atoms with E-state index in [9.17, 15) is 4.79 Å². The van der Waals surface area contributed by atoms with Gasteiger partial charge in [0.15, 0.2) is 11.5 Å². The number of methoxy groups -OCH3 is 3. The van der Waals surface area contributed by atoms with Crippen molar-refractivity contribution in [2.75, 3.05) is 27.9 Å². The molecule has 0 unspecified atom stereocenters. The van der Waals surface area contributed by atoms with Gasteiger partial charge in [-0.2, -0.15) is 0 Å². The van der Waals surface area contributed by atoms with Gasteiger partial charge in [0.05, 0.1) is 34.4 Å². The van der Waals surface area contributed by atoms with Crippen molar-refractivity contribution in [1.29, 1.82) is 0 Å². The zero-order chi connectivity index (χ0) is 18.9. The predicted octanol–water partition coefficient (Wildman–Crippen LogP) is 3.11. The molecule has 2 aromatic carbocycles. The summed E-state index contributed by atoms with van der Waals surface area (Å²) in [7, 11) is 4.70. The van der Waals surface area contributed by atoms with E-state index in [1.165, 1.54) is 5.56 Å². The summed E-state index contributed by atoms with van der Waals surface area (Å²) in [6.07, 6.45) is 0.267. The van der Waals surface area contributed by atoms with Gasteiger partial charge >= 0.3 is 0 Å². The van der Waals surface area contributed by atoms with Crippen LogP contribution >= 0.6 is 0 Å². The van der Waals surface area contributed by atoms with Crippen LogP contribution in [0, 0.1) is 6.92 Å². The van der Waals surface area contributed by atoms with Gasteiger partial charge in [-0.3, -0.25) is 4.79 Å². The first-order valence-electron chi connectivity index (χ1n) is 8.32. The summed E-state index contributed by atoms with van der Waals surface area (Å²) >= 11 is 0. The number of carbonyl (C=O) groups is 1. The van der Waals surface area contributed by atoms with Crippen molar-refractivity contribution < 1.29 is 23.7 Å². The lowest BCUT2D eigenvalue weighted by atomic mass is 10.1. The third-order valence-corrected chi connectivity index (χ3v) is 3.88. The summed E-state index contributed by atoms with van der Waals surface area (Å²) in [5.41, 5.74) is 1.97. The maximum Gasteiger partial charge on any atom is 0.223 e. The van der Waals surface area contributed by atoms with Crippen LogP contribution in [0.3, 0.4) is 0 Å². The Bertz CT molecular complexity index is 728. The monoisotopic (exact) mass is 359 g/mol. The standard InChI is InChI=1S/C20H25NO5/c1-14-5-7-16(8-6-14)26-10-9-20(22)21-13-15-11-18(24-3)19(25-4)12-17(15)23-2/h5-8,11-12H,9-10,13H2,1-4H3,(H,21,22). The first-order valence-corrected chi connectivity index (χ1v) is 8.32. The summed E-state index contributed by atoms with van der Waals surface area (Å²) in [6.45, 7) is 2.66. The lowest BCUT2D eigenvalue weighted by molar-refractivity contribution is -0.121. The SMILES string of the molecule is COc1cc(OC)c(OC)cc1CNC(=O)CCOc1ccc(C)cc1. The average Bonchev–Trinajstić information content (AvgIpc) is 2.67. The Kier molecular flexibility index (Phi) is 7.14. The fourth-order valence-corrected chi connectivity index (χ4v) is 2.41. The highest BCUT2D eigenvalue weighted by Gasteiger charge is 2.12. The lowest BCUT2D eigenvalue weighted by Crippen LogP contribution is -2.24.